The standard InChI is InChI=1S/C16H12F3N3O6S2/c1-7-4-10(27-20-7)8-6-15(8,14(23)24)22-30(25,26)13-3-2-11(29-13)9-5-12(28-21-9)16(17,18)19/h2-5,8,22H,6H2,1H3,(H,23,24). The average molecular weight is 463 g/mol. The molecule has 4 rings (SSSR count). The fourth-order valence-electron chi connectivity index (χ4n) is 2.96. The second-order valence-electron chi connectivity index (χ2n) is 6.70. The number of carboxylic acids is 1. The van der Waals surface area contributed by atoms with E-state index < -0.39 is 39.4 Å². The van der Waals surface area contributed by atoms with Gasteiger partial charge in [-0.2, -0.15) is 17.9 Å². The molecule has 1 aliphatic carbocycles. The molecule has 2 atom stereocenters. The molecule has 3 aromatic rings. The van der Waals surface area contributed by atoms with Gasteiger partial charge in [0, 0.05) is 12.1 Å². The highest BCUT2D eigenvalue weighted by atomic mass is 32.2. The minimum atomic E-state index is -4.73. The summed E-state index contributed by atoms with van der Waals surface area (Å²) in [4.78, 5) is 11.9. The molecule has 0 spiro atoms. The Morgan fingerprint density at radius 1 is 1.30 bits per heavy atom. The summed E-state index contributed by atoms with van der Waals surface area (Å²) in [5.41, 5.74) is -1.47. The zero-order valence-corrected chi connectivity index (χ0v) is 16.6. The molecule has 2 N–H and O–H groups in total. The molecule has 14 heteroatoms. The van der Waals surface area contributed by atoms with Crippen molar-refractivity contribution in [3.63, 3.8) is 0 Å². The lowest BCUT2D eigenvalue weighted by Crippen LogP contribution is -2.44. The molecule has 3 heterocycles. The van der Waals surface area contributed by atoms with Crippen molar-refractivity contribution in [3.05, 3.63) is 41.5 Å². The number of rotatable bonds is 6. The second-order valence-corrected chi connectivity index (χ2v) is 9.70. The Labute approximate surface area is 170 Å². The molecule has 0 radical (unpaired) electrons. The number of aliphatic carboxylic acids is 1. The number of nitrogens with zero attached hydrogens (tertiary/aromatic N) is 2. The Balaban J connectivity index is 1.58. The third-order valence-electron chi connectivity index (χ3n) is 4.54. The minimum absolute atomic E-state index is 0.0351. The van der Waals surface area contributed by atoms with Crippen LogP contribution in [0.25, 0.3) is 10.6 Å². The first-order chi connectivity index (χ1) is 13.9. The topological polar surface area (TPSA) is 136 Å². The molecule has 0 saturated heterocycles. The van der Waals surface area contributed by atoms with Gasteiger partial charge in [0.05, 0.1) is 16.5 Å². The lowest BCUT2D eigenvalue weighted by molar-refractivity contribution is -0.155. The number of carbonyl (C=O) groups is 1. The van der Waals surface area contributed by atoms with E-state index in [1.165, 1.54) is 12.1 Å². The van der Waals surface area contributed by atoms with Crippen molar-refractivity contribution in [3.8, 4) is 10.6 Å². The SMILES string of the molecule is Cc1cc(C2CC2(NS(=O)(=O)c2ccc(-c3cc(C(F)(F)F)on3)s2)C(=O)O)on1. The fraction of sp³-hybridized carbons (Fsp3) is 0.312. The number of halogens is 3. The highest BCUT2D eigenvalue weighted by Crippen LogP contribution is 2.52. The van der Waals surface area contributed by atoms with Crippen LogP contribution < -0.4 is 4.72 Å². The third kappa shape index (κ3) is 3.50. The first-order valence-electron chi connectivity index (χ1n) is 8.27. The van der Waals surface area contributed by atoms with E-state index in [1.54, 1.807) is 6.92 Å². The van der Waals surface area contributed by atoms with Gasteiger partial charge >= 0.3 is 12.1 Å². The van der Waals surface area contributed by atoms with E-state index in [0.29, 0.717) is 23.1 Å². The maximum absolute atomic E-state index is 12.7. The van der Waals surface area contributed by atoms with Crippen molar-refractivity contribution in [1.29, 1.82) is 0 Å². The molecule has 160 valence electrons. The van der Waals surface area contributed by atoms with Crippen LogP contribution in [0.5, 0.6) is 0 Å². The molecule has 1 fully saturated rings. The summed E-state index contributed by atoms with van der Waals surface area (Å²) < 4.78 is 74.6. The highest BCUT2D eigenvalue weighted by Gasteiger charge is 2.65. The maximum Gasteiger partial charge on any atom is 0.452 e. The molecule has 30 heavy (non-hydrogen) atoms. The van der Waals surface area contributed by atoms with Crippen molar-refractivity contribution >= 4 is 27.3 Å². The Morgan fingerprint density at radius 3 is 2.60 bits per heavy atom. The van der Waals surface area contributed by atoms with E-state index in [4.69, 9.17) is 4.52 Å². The number of nitrogens with one attached hydrogen (secondary N) is 1. The number of hydrogen-bond acceptors (Lipinski definition) is 8. The van der Waals surface area contributed by atoms with Crippen LogP contribution in [0.4, 0.5) is 13.2 Å². The number of aromatic nitrogens is 2. The Bertz CT molecular complexity index is 1230. The number of hydrogen-bond donors (Lipinski definition) is 2. The summed E-state index contributed by atoms with van der Waals surface area (Å²) in [6, 6.07) is 4.58. The number of sulfonamides is 1. The molecular formula is C16H12F3N3O6S2. The van der Waals surface area contributed by atoms with Crippen LogP contribution in [0.2, 0.25) is 0 Å². The lowest BCUT2D eigenvalue weighted by atomic mass is 10.2. The van der Waals surface area contributed by atoms with Gasteiger partial charge in [-0.25, -0.2) is 8.42 Å². The van der Waals surface area contributed by atoms with Crippen molar-refractivity contribution in [2.45, 2.75) is 35.2 Å². The van der Waals surface area contributed by atoms with E-state index in [-0.39, 0.29) is 27.0 Å². The van der Waals surface area contributed by atoms with Crippen molar-refractivity contribution in [2.75, 3.05) is 0 Å². The van der Waals surface area contributed by atoms with Gasteiger partial charge in [-0.15, -0.1) is 11.3 Å². The molecule has 0 amide bonds. The molecular weight excluding hydrogens is 451 g/mol. The maximum atomic E-state index is 12.7. The van der Waals surface area contributed by atoms with Gasteiger partial charge in [0.25, 0.3) is 10.0 Å². The molecule has 0 aliphatic heterocycles. The predicted molar refractivity (Wildman–Crippen MR) is 94.1 cm³/mol. The molecule has 0 aromatic carbocycles. The number of alkyl halides is 3. The summed E-state index contributed by atoms with van der Waals surface area (Å²) in [6.07, 6.45) is -4.76. The van der Waals surface area contributed by atoms with Gasteiger partial charge in [-0.3, -0.25) is 4.79 Å². The van der Waals surface area contributed by atoms with Gasteiger partial charge < -0.3 is 14.2 Å². The van der Waals surface area contributed by atoms with Gasteiger partial charge in [0.15, 0.2) is 0 Å². The quantitative estimate of drug-likeness (QED) is 0.570. The second kappa shape index (κ2) is 6.65. The molecule has 3 aromatic heterocycles. The zero-order valence-electron chi connectivity index (χ0n) is 14.9. The largest absolute Gasteiger partial charge is 0.480 e. The summed E-state index contributed by atoms with van der Waals surface area (Å²) >= 11 is 0.629. The fourth-order valence-corrected chi connectivity index (χ4v) is 5.63. The van der Waals surface area contributed by atoms with Gasteiger partial charge in [0.1, 0.15) is 21.2 Å². The zero-order chi connectivity index (χ0) is 21.9. The molecule has 1 aliphatic rings. The van der Waals surface area contributed by atoms with Crippen LogP contribution in [0.15, 0.2) is 37.5 Å². The molecule has 0 bridgehead atoms. The summed E-state index contributed by atoms with van der Waals surface area (Å²) in [7, 11) is -4.30. The van der Waals surface area contributed by atoms with E-state index >= 15 is 0 Å². The first-order valence-corrected chi connectivity index (χ1v) is 10.6. The van der Waals surface area contributed by atoms with Gasteiger partial charge in [0.2, 0.25) is 5.76 Å². The van der Waals surface area contributed by atoms with Crippen molar-refractivity contribution < 1.29 is 40.5 Å². The van der Waals surface area contributed by atoms with Crippen LogP contribution in [-0.2, 0) is 21.0 Å². The van der Waals surface area contributed by atoms with E-state index in [9.17, 15) is 31.5 Å². The van der Waals surface area contributed by atoms with E-state index in [2.05, 4.69) is 19.6 Å². The Hall–Kier alpha value is -2.71. The predicted octanol–water partition coefficient (Wildman–Crippen LogP) is 3.01. The number of aryl methyl sites for hydroxylation is 1. The Morgan fingerprint density at radius 2 is 2.03 bits per heavy atom. The smallest absolute Gasteiger partial charge is 0.452 e. The van der Waals surface area contributed by atoms with Crippen LogP contribution in [-0.4, -0.2) is 35.3 Å². The average Bonchev–Trinajstić information content (AvgIpc) is 3.12. The normalized spacial score (nSPS) is 21.7. The summed E-state index contributed by atoms with van der Waals surface area (Å²) in [5.74, 6) is -3.20. The van der Waals surface area contributed by atoms with Crippen molar-refractivity contribution in [1.82, 2.24) is 15.0 Å². The molecule has 2 unspecified atom stereocenters. The number of thiophene rings is 1. The number of carboxylic acid groups (broad SMARTS) is 1. The summed E-state index contributed by atoms with van der Waals surface area (Å²) in [5, 5.41) is 16.6. The first kappa shape index (κ1) is 20.6. The van der Waals surface area contributed by atoms with Gasteiger partial charge in [-0.1, -0.05) is 10.3 Å². The van der Waals surface area contributed by atoms with E-state index in [1.807, 2.05) is 0 Å². The van der Waals surface area contributed by atoms with Crippen LogP contribution in [0, 0.1) is 6.92 Å². The van der Waals surface area contributed by atoms with Crippen molar-refractivity contribution in [2.24, 2.45) is 0 Å². The van der Waals surface area contributed by atoms with E-state index in [0.717, 1.165) is 6.07 Å². The van der Waals surface area contributed by atoms with Crippen LogP contribution in [0.3, 0.4) is 0 Å². The molecule has 1 saturated carbocycles. The monoisotopic (exact) mass is 463 g/mol. The Kier molecular flexibility index (Phi) is 4.56. The van der Waals surface area contributed by atoms with Crippen LogP contribution >= 0.6 is 11.3 Å². The lowest BCUT2D eigenvalue weighted by Gasteiger charge is -2.13. The highest BCUT2D eigenvalue weighted by molar-refractivity contribution is 7.91. The third-order valence-corrected chi connectivity index (χ3v) is 7.65. The summed E-state index contributed by atoms with van der Waals surface area (Å²) in [6.45, 7) is 1.64. The minimum Gasteiger partial charge on any atom is -0.480 e. The molecule has 9 nitrogen and oxygen atoms in total. The van der Waals surface area contributed by atoms with Crippen LogP contribution in [0.1, 0.15) is 29.6 Å². The van der Waals surface area contributed by atoms with Gasteiger partial charge in [-0.05, 0) is 25.5 Å².